The van der Waals surface area contributed by atoms with E-state index in [1.165, 1.54) is 0 Å². The van der Waals surface area contributed by atoms with Crippen molar-refractivity contribution in [2.75, 3.05) is 7.05 Å². The standard InChI is InChI=1S/C11H16FN/c1-8(2)9-4-5-10(7-13-3)11(12)6-9/h4-6,8,13H,7H2,1-3H3. The lowest BCUT2D eigenvalue weighted by Gasteiger charge is -2.08. The Kier molecular flexibility index (Phi) is 3.43. The van der Waals surface area contributed by atoms with Crippen molar-refractivity contribution in [1.82, 2.24) is 5.32 Å². The summed E-state index contributed by atoms with van der Waals surface area (Å²) in [5.74, 6) is 0.277. The van der Waals surface area contributed by atoms with Gasteiger partial charge in [0, 0.05) is 12.1 Å². The fourth-order valence-electron chi connectivity index (χ4n) is 1.26. The Morgan fingerprint density at radius 3 is 2.54 bits per heavy atom. The zero-order chi connectivity index (χ0) is 9.84. The molecule has 0 aromatic heterocycles. The van der Waals surface area contributed by atoms with Crippen LogP contribution in [0.5, 0.6) is 0 Å². The molecule has 0 fully saturated rings. The maximum absolute atomic E-state index is 13.4. The van der Waals surface area contributed by atoms with Gasteiger partial charge in [0.05, 0.1) is 0 Å². The predicted octanol–water partition coefficient (Wildman–Crippen LogP) is 2.67. The van der Waals surface area contributed by atoms with Gasteiger partial charge in [0.15, 0.2) is 0 Å². The molecular formula is C11H16FN. The molecule has 0 unspecified atom stereocenters. The molecule has 0 amide bonds. The van der Waals surface area contributed by atoms with Crippen LogP contribution in [0.3, 0.4) is 0 Å². The van der Waals surface area contributed by atoms with E-state index in [1.807, 2.05) is 19.2 Å². The molecule has 13 heavy (non-hydrogen) atoms. The lowest BCUT2D eigenvalue weighted by molar-refractivity contribution is 0.597. The van der Waals surface area contributed by atoms with E-state index < -0.39 is 0 Å². The highest BCUT2D eigenvalue weighted by Gasteiger charge is 2.04. The predicted molar refractivity (Wildman–Crippen MR) is 53.3 cm³/mol. The van der Waals surface area contributed by atoms with E-state index in [4.69, 9.17) is 0 Å². The Labute approximate surface area is 79.0 Å². The van der Waals surface area contributed by atoms with Crippen LogP contribution in [0, 0.1) is 5.82 Å². The van der Waals surface area contributed by atoms with Gasteiger partial charge in [-0.25, -0.2) is 4.39 Å². The van der Waals surface area contributed by atoms with Gasteiger partial charge in [-0.2, -0.15) is 0 Å². The molecule has 0 radical (unpaired) electrons. The third kappa shape index (κ3) is 2.52. The molecule has 1 aromatic rings. The molecule has 0 aliphatic rings. The van der Waals surface area contributed by atoms with Crippen LogP contribution in [0.1, 0.15) is 30.9 Å². The highest BCUT2D eigenvalue weighted by atomic mass is 19.1. The number of halogens is 1. The zero-order valence-electron chi connectivity index (χ0n) is 8.39. The smallest absolute Gasteiger partial charge is 0.127 e. The van der Waals surface area contributed by atoms with Crippen LogP contribution in [-0.4, -0.2) is 7.05 Å². The van der Waals surface area contributed by atoms with Gasteiger partial charge in [-0.1, -0.05) is 26.0 Å². The van der Waals surface area contributed by atoms with E-state index in [9.17, 15) is 4.39 Å². The molecule has 72 valence electrons. The first-order chi connectivity index (χ1) is 6.15. The van der Waals surface area contributed by atoms with Crippen LogP contribution in [0.15, 0.2) is 18.2 Å². The zero-order valence-corrected chi connectivity index (χ0v) is 8.39. The van der Waals surface area contributed by atoms with E-state index >= 15 is 0 Å². The van der Waals surface area contributed by atoms with Crippen molar-refractivity contribution < 1.29 is 4.39 Å². The maximum Gasteiger partial charge on any atom is 0.127 e. The van der Waals surface area contributed by atoms with Gasteiger partial charge in [-0.15, -0.1) is 0 Å². The topological polar surface area (TPSA) is 12.0 Å². The van der Waals surface area contributed by atoms with Crippen molar-refractivity contribution in [3.63, 3.8) is 0 Å². The second kappa shape index (κ2) is 4.38. The van der Waals surface area contributed by atoms with Gasteiger partial charge < -0.3 is 5.32 Å². The quantitative estimate of drug-likeness (QED) is 0.756. The highest BCUT2D eigenvalue weighted by molar-refractivity contribution is 5.26. The van der Waals surface area contributed by atoms with Crippen LogP contribution in [0.2, 0.25) is 0 Å². The minimum Gasteiger partial charge on any atom is -0.316 e. The van der Waals surface area contributed by atoms with Crippen molar-refractivity contribution in [3.8, 4) is 0 Å². The van der Waals surface area contributed by atoms with Crippen molar-refractivity contribution in [2.24, 2.45) is 0 Å². The van der Waals surface area contributed by atoms with E-state index in [0.29, 0.717) is 12.5 Å². The Morgan fingerprint density at radius 2 is 2.08 bits per heavy atom. The molecule has 0 saturated carbocycles. The summed E-state index contributed by atoms with van der Waals surface area (Å²) in [6, 6.07) is 5.46. The molecule has 1 N–H and O–H groups in total. The molecular weight excluding hydrogens is 165 g/mol. The molecule has 2 heteroatoms. The first-order valence-corrected chi connectivity index (χ1v) is 4.58. The summed E-state index contributed by atoms with van der Waals surface area (Å²) in [4.78, 5) is 0. The first kappa shape index (κ1) is 10.2. The van der Waals surface area contributed by atoms with Gasteiger partial charge >= 0.3 is 0 Å². The Morgan fingerprint density at radius 1 is 1.38 bits per heavy atom. The Bertz CT molecular complexity index is 281. The normalized spacial score (nSPS) is 10.8. The summed E-state index contributed by atoms with van der Waals surface area (Å²) in [5, 5.41) is 2.93. The van der Waals surface area contributed by atoms with Crippen LogP contribution < -0.4 is 5.32 Å². The Hall–Kier alpha value is -0.890. The minimum atomic E-state index is -0.111. The molecule has 0 heterocycles. The van der Waals surface area contributed by atoms with Crippen LogP contribution in [0.4, 0.5) is 4.39 Å². The molecule has 0 atom stereocenters. The van der Waals surface area contributed by atoms with Gasteiger partial charge in [0.25, 0.3) is 0 Å². The second-order valence-electron chi connectivity index (χ2n) is 3.54. The van der Waals surface area contributed by atoms with Crippen molar-refractivity contribution in [1.29, 1.82) is 0 Å². The number of hydrogen-bond donors (Lipinski definition) is 1. The van der Waals surface area contributed by atoms with Crippen molar-refractivity contribution in [3.05, 3.63) is 35.1 Å². The molecule has 0 saturated heterocycles. The largest absolute Gasteiger partial charge is 0.316 e. The summed E-state index contributed by atoms with van der Waals surface area (Å²) >= 11 is 0. The van der Waals surface area contributed by atoms with Crippen LogP contribution in [-0.2, 0) is 6.54 Å². The molecule has 0 spiro atoms. The number of rotatable bonds is 3. The average Bonchev–Trinajstić information content (AvgIpc) is 2.08. The second-order valence-corrected chi connectivity index (χ2v) is 3.54. The minimum absolute atomic E-state index is 0.111. The molecule has 1 aromatic carbocycles. The summed E-state index contributed by atoms with van der Waals surface area (Å²) in [7, 11) is 1.82. The monoisotopic (exact) mass is 181 g/mol. The van der Waals surface area contributed by atoms with Crippen LogP contribution in [0.25, 0.3) is 0 Å². The Balaban J connectivity index is 2.92. The van der Waals surface area contributed by atoms with Crippen LogP contribution >= 0.6 is 0 Å². The third-order valence-electron chi connectivity index (χ3n) is 2.11. The highest BCUT2D eigenvalue weighted by Crippen LogP contribution is 2.17. The van der Waals surface area contributed by atoms with Gasteiger partial charge in [0.1, 0.15) is 5.82 Å². The number of benzene rings is 1. The lowest BCUT2D eigenvalue weighted by atomic mass is 10.0. The number of nitrogens with one attached hydrogen (secondary N) is 1. The summed E-state index contributed by atoms with van der Waals surface area (Å²) in [6.07, 6.45) is 0. The fourth-order valence-corrected chi connectivity index (χ4v) is 1.26. The van der Waals surface area contributed by atoms with E-state index in [0.717, 1.165) is 11.1 Å². The summed E-state index contributed by atoms with van der Waals surface area (Å²) in [6.45, 7) is 4.71. The molecule has 0 bridgehead atoms. The molecule has 1 rings (SSSR count). The SMILES string of the molecule is CNCc1ccc(C(C)C)cc1F. The summed E-state index contributed by atoms with van der Waals surface area (Å²) < 4.78 is 13.4. The third-order valence-corrected chi connectivity index (χ3v) is 2.11. The lowest BCUT2D eigenvalue weighted by Crippen LogP contribution is -2.07. The van der Waals surface area contributed by atoms with Gasteiger partial charge in [-0.05, 0) is 24.6 Å². The average molecular weight is 181 g/mol. The summed E-state index contributed by atoms with van der Waals surface area (Å²) in [5.41, 5.74) is 1.78. The molecule has 0 aliphatic carbocycles. The molecule has 0 aliphatic heterocycles. The van der Waals surface area contributed by atoms with E-state index in [-0.39, 0.29) is 5.82 Å². The van der Waals surface area contributed by atoms with Gasteiger partial charge in [-0.3, -0.25) is 0 Å². The van der Waals surface area contributed by atoms with Gasteiger partial charge in [0.2, 0.25) is 0 Å². The molecule has 1 nitrogen and oxygen atoms in total. The van der Waals surface area contributed by atoms with Crippen molar-refractivity contribution >= 4 is 0 Å². The maximum atomic E-state index is 13.4. The van der Waals surface area contributed by atoms with E-state index in [2.05, 4.69) is 19.2 Å². The number of hydrogen-bond acceptors (Lipinski definition) is 1. The van der Waals surface area contributed by atoms with E-state index in [1.54, 1.807) is 6.07 Å². The fraction of sp³-hybridized carbons (Fsp3) is 0.455. The first-order valence-electron chi connectivity index (χ1n) is 4.58. The van der Waals surface area contributed by atoms with Crippen molar-refractivity contribution in [2.45, 2.75) is 26.3 Å².